The molecule has 0 aliphatic heterocycles. The lowest BCUT2D eigenvalue weighted by atomic mass is 9.95. The number of carbonyl (C=O) groups excluding carboxylic acids is 1. The third kappa shape index (κ3) is 2.24. The van der Waals surface area contributed by atoms with E-state index >= 15 is 0 Å². The summed E-state index contributed by atoms with van der Waals surface area (Å²) in [6.07, 6.45) is 3.27. The summed E-state index contributed by atoms with van der Waals surface area (Å²) in [6, 6.07) is 7.55. The zero-order chi connectivity index (χ0) is 12.4. The quantitative estimate of drug-likeness (QED) is 0.596. The molecule has 0 saturated carbocycles. The Balaban J connectivity index is 2.50. The Kier molecular flexibility index (Phi) is 3.01. The molecule has 0 aromatic heterocycles. The zero-order valence-corrected chi connectivity index (χ0v) is 10.1. The van der Waals surface area contributed by atoms with Gasteiger partial charge in [0.05, 0.1) is 0 Å². The highest BCUT2D eigenvalue weighted by molar-refractivity contribution is 7.80. The molecule has 0 saturated heterocycles. The van der Waals surface area contributed by atoms with Crippen molar-refractivity contribution in [1.29, 1.82) is 0 Å². The average molecular weight is 245 g/mol. The van der Waals surface area contributed by atoms with Crippen molar-refractivity contribution < 1.29 is 4.79 Å². The molecule has 0 bridgehead atoms. The molecule has 0 atom stereocenters. The minimum atomic E-state index is -0.146. The van der Waals surface area contributed by atoms with Gasteiger partial charge in [0.25, 0.3) is 0 Å². The van der Waals surface area contributed by atoms with E-state index in [-0.39, 0.29) is 10.9 Å². The van der Waals surface area contributed by atoms with Crippen LogP contribution in [-0.4, -0.2) is 28.7 Å². The number of nitrogens with two attached hydrogens (primary N) is 1. The first-order chi connectivity index (χ1) is 8.09. The van der Waals surface area contributed by atoms with Gasteiger partial charge in [0.2, 0.25) is 5.78 Å². The van der Waals surface area contributed by atoms with Crippen LogP contribution in [0.3, 0.4) is 0 Å². The number of allylic oxidation sites excluding steroid dienone is 1. The summed E-state index contributed by atoms with van der Waals surface area (Å²) < 4.78 is 0. The number of rotatable bonds is 1. The van der Waals surface area contributed by atoms with Crippen LogP contribution in [0.2, 0.25) is 0 Å². The van der Waals surface area contributed by atoms with Crippen LogP contribution in [0.5, 0.6) is 0 Å². The Morgan fingerprint density at radius 1 is 1.35 bits per heavy atom. The smallest absolute Gasteiger partial charge is 0.206 e. The molecule has 1 aliphatic rings. The van der Waals surface area contributed by atoms with Crippen LogP contribution >= 0.6 is 12.2 Å². The third-order valence-electron chi connectivity index (χ3n) is 2.43. The van der Waals surface area contributed by atoms with Crippen molar-refractivity contribution in [2.24, 2.45) is 10.8 Å². The lowest BCUT2D eigenvalue weighted by Crippen LogP contribution is -2.30. The molecule has 5 heteroatoms. The molecule has 1 aromatic rings. The van der Waals surface area contributed by atoms with E-state index in [9.17, 15) is 4.79 Å². The molecule has 4 nitrogen and oxygen atoms in total. The molecule has 17 heavy (non-hydrogen) atoms. The molecule has 0 heterocycles. The Labute approximate surface area is 104 Å². The molecular weight excluding hydrogens is 234 g/mol. The van der Waals surface area contributed by atoms with E-state index in [1.165, 1.54) is 11.1 Å². The molecule has 0 spiro atoms. The van der Waals surface area contributed by atoms with Gasteiger partial charge in [-0.05, 0) is 23.9 Å². The summed E-state index contributed by atoms with van der Waals surface area (Å²) in [6.45, 7) is 0. The van der Waals surface area contributed by atoms with Crippen LogP contribution in [0.25, 0.3) is 6.08 Å². The standard InChI is InChI=1S/C12H11N3OS/c1-15(12(13)17)14-11-9-5-3-2-4-8(9)6-7-10(11)16/h2-7H,1H3,(H2,13,17). The third-order valence-corrected chi connectivity index (χ3v) is 2.70. The van der Waals surface area contributed by atoms with Gasteiger partial charge in [-0.15, -0.1) is 0 Å². The Hall–Kier alpha value is -2.01. The van der Waals surface area contributed by atoms with Crippen molar-refractivity contribution in [1.82, 2.24) is 5.01 Å². The van der Waals surface area contributed by atoms with Crippen molar-refractivity contribution in [3.63, 3.8) is 0 Å². The Bertz CT molecular complexity index is 548. The fraction of sp³-hybridized carbons (Fsp3) is 0.0833. The van der Waals surface area contributed by atoms with E-state index < -0.39 is 0 Å². The van der Waals surface area contributed by atoms with Crippen molar-refractivity contribution in [2.75, 3.05) is 7.05 Å². The second-order valence-electron chi connectivity index (χ2n) is 3.60. The highest BCUT2D eigenvalue weighted by Crippen LogP contribution is 2.17. The van der Waals surface area contributed by atoms with Crippen molar-refractivity contribution in [2.45, 2.75) is 0 Å². The van der Waals surface area contributed by atoms with E-state index in [1.54, 1.807) is 13.1 Å². The van der Waals surface area contributed by atoms with Gasteiger partial charge in [-0.2, -0.15) is 5.10 Å². The van der Waals surface area contributed by atoms with Crippen LogP contribution < -0.4 is 5.73 Å². The van der Waals surface area contributed by atoms with Gasteiger partial charge in [-0.25, -0.2) is 5.01 Å². The Morgan fingerprint density at radius 3 is 2.76 bits per heavy atom. The number of hydrogen-bond donors (Lipinski definition) is 1. The number of ketones is 1. The highest BCUT2D eigenvalue weighted by atomic mass is 32.1. The summed E-state index contributed by atoms with van der Waals surface area (Å²) in [7, 11) is 1.61. The Morgan fingerprint density at radius 2 is 2.06 bits per heavy atom. The largest absolute Gasteiger partial charge is 0.375 e. The molecule has 0 radical (unpaired) electrons. The molecule has 2 N–H and O–H groups in total. The predicted molar refractivity (Wildman–Crippen MR) is 71.6 cm³/mol. The minimum Gasteiger partial charge on any atom is -0.375 e. The molecule has 2 rings (SSSR count). The van der Waals surface area contributed by atoms with E-state index in [4.69, 9.17) is 18.0 Å². The van der Waals surface area contributed by atoms with Crippen LogP contribution in [0, 0.1) is 0 Å². The molecular formula is C12H11N3OS. The SMILES string of the molecule is CN(N=C1C(=O)C=Cc2ccccc21)C(N)=S. The van der Waals surface area contributed by atoms with Gasteiger partial charge < -0.3 is 5.73 Å². The molecule has 1 aliphatic carbocycles. The minimum absolute atomic E-state index is 0.123. The van der Waals surface area contributed by atoms with E-state index in [0.717, 1.165) is 11.1 Å². The fourth-order valence-corrected chi connectivity index (χ4v) is 1.58. The molecule has 0 unspecified atom stereocenters. The molecule has 1 aromatic carbocycles. The second kappa shape index (κ2) is 4.47. The maximum Gasteiger partial charge on any atom is 0.206 e. The lowest BCUT2D eigenvalue weighted by Gasteiger charge is -2.16. The summed E-state index contributed by atoms with van der Waals surface area (Å²) in [4.78, 5) is 11.8. The zero-order valence-electron chi connectivity index (χ0n) is 9.25. The normalized spacial score (nSPS) is 15.8. The van der Waals surface area contributed by atoms with Crippen molar-refractivity contribution >= 4 is 34.9 Å². The van der Waals surface area contributed by atoms with Gasteiger partial charge in [0.1, 0.15) is 5.71 Å². The predicted octanol–water partition coefficient (Wildman–Crippen LogP) is 1.16. The number of thiocarbonyl (C=S) groups is 1. The maximum atomic E-state index is 11.8. The monoisotopic (exact) mass is 245 g/mol. The summed E-state index contributed by atoms with van der Waals surface area (Å²) in [5, 5.41) is 5.58. The lowest BCUT2D eigenvalue weighted by molar-refractivity contribution is -0.108. The van der Waals surface area contributed by atoms with E-state index in [0.29, 0.717) is 5.71 Å². The topological polar surface area (TPSA) is 58.7 Å². The van der Waals surface area contributed by atoms with E-state index in [2.05, 4.69) is 5.10 Å². The first-order valence-corrected chi connectivity index (χ1v) is 5.44. The second-order valence-corrected chi connectivity index (χ2v) is 4.01. The first kappa shape index (κ1) is 11.5. The van der Waals surface area contributed by atoms with Gasteiger partial charge in [0.15, 0.2) is 5.11 Å². The molecule has 86 valence electrons. The summed E-state index contributed by atoms with van der Waals surface area (Å²) >= 11 is 4.79. The average Bonchev–Trinajstić information content (AvgIpc) is 2.32. The summed E-state index contributed by atoms with van der Waals surface area (Å²) in [5.74, 6) is -0.146. The summed E-state index contributed by atoms with van der Waals surface area (Å²) in [5.41, 5.74) is 7.55. The number of hydrazone groups is 1. The van der Waals surface area contributed by atoms with Gasteiger partial charge in [-0.1, -0.05) is 30.3 Å². The number of hydrogen-bond acceptors (Lipinski definition) is 3. The van der Waals surface area contributed by atoms with Crippen LogP contribution in [-0.2, 0) is 4.79 Å². The fourth-order valence-electron chi connectivity index (χ4n) is 1.54. The van der Waals surface area contributed by atoms with Crippen LogP contribution in [0.1, 0.15) is 11.1 Å². The number of fused-ring (bicyclic) bond motifs is 1. The first-order valence-electron chi connectivity index (χ1n) is 5.03. The van der Waals surface area contributed by atoms with Gasteiger partial charge in [-0.3, -0.25) is 4.79 Å². The molecule has 0 fully saturated rings. The highest BCUT2D eigenvalue weighted by Gasteiger charge is 2.19. The molecule has 0 amide bonds. The van der Waals surface area contributed by atoms with Gasteiger partial charge in [0, 0.05) is 12.6 Å². The van der Waals surface area contributed by atoms with Crippen LogP contribution in [0.15, 0.2) is 35.4 Å². The van der Waals surface area contributed by atoms with Crippen LogP contribution in [0.4, 0.5) is 0 Å². The number of carbonyl (C=O) groups is 1. The number of nitrogens with zero attached hydrogens (tertiary/aromatic N) is 2. The maximum absolute atomic E-state index is 11.8. The van der Waals surface area contributed by atoms with Crippen molar-refractivity contribution in [3.8, 4) is 0 Å². The van der Waals surface area contributed by atoms with Crippen molar-refractivity contribution in [3.05, 3.63) is 41.5 Å². The van der Waals surface area contributed by atoms with Gasteiger partial charge >= 0.3 is 0 Å². The van der Waals surface area contributed by atoms with E-state index in [1.807, 2.05) is 24.3 Å². The number of benzene rings is 1.